The first kappa shape index (κ1) is 57.6. The zero-order valence-electron chi connectivity index (χ0n) is 39.7. The first-order valence-corrected chi connectivity index (χ1v) is 25.1. The Labute approximate surface area is 375 Å². The lowest BCUT2D eigenvalue weighted by Crippen LogP contribution is -2.30. The Balaban J connectivity index is 4.44. The molecule has 0 aliphatic rings. The van der Waals surface area contributed by atoms with E-state index in [9.17, 15) is 14.4 Å². The van der Waals surface area contributed by atoms with Gasteiger partial charge in [-0.05, 0) is 109 Å². The van der Waals surface area contributed by atoms with Crippen LogP contribution < -0.4 is 0 Å². The molecule has 0 aliphatic carbocycles. The molecule has 0 radical (unpaired) electrons. The van der Waals surface area contributed by atoms with Gasteiger partial charge in [0.2, 0.25) is 0 Å². The van der Waals surface area contributed by atoms with Crippen molar-refractivity contribution in [3.8, 4) is 0 Å². The molecular weight excluding hydrogens is 757 g/mol. The Morgan fingerprint density at radius 3 is 1.07 bits per heavy atom. The van der Waals surface area contributed by atoms with Gasteiger partial charge in [0.1, 0.15) is 13.2 Å². The van der Waals surface area contributed by atoms with Crippen molar-refractivity contribution < 1.29 is 28.6 Å². The quantitative estimate of drug-likeness (QED) is 0.0263. The van der Waals surface area contributed by atoms with Gasteiger partial charge >= 0.3 is 17.9 Å². The third kappa shape index (κ3) is 47.5. The summed E-state index contributed by atoms with van der Waals surface area (Å²) in [5.74, 6) is -0.948. The first-order valence-electron chi connectivity index (χ1n) is 25.1. The first-order chi connectivity index (χ1) is 30.0. The van der Waals surface area contributed by atoms with Gasteiger partial charge in [-0.1, -0.05) is 183 Å². The standard InChI is InChI=1S/C55H92O6/c1-4-7-10-13-16-19-22-24-26-27-29-31-34-36-39-42-45-48-54(57)60-51-52(61-55(58)49-46-43-40-37-32-21-18-15-12-9-6-3)50-59-53(56)47-44-41-38-35-33-30-28-25-23-20-17-14-11-8-5-2/h8,11,15-20,24-26,28-29,31,52H,4-7,9-10,12-14,21-23,27,30,32-51H2,1-3H3/b11-8-,18-15-,19-16-,20-17-,26-24-,28-25-,31-29-/t52-/m1/s1. The lowest BCUT2D eigenvalue weighted by Gasteiger charge is -2.18. The predicted molar refractivity (Wildman–Crippen MR) is 261 cm³/mol. The molecule has 0 aromatic carbocycles. The van der Waals surface area contributed by atoms with E-state index in [0.717, 1.165) is 135 Å². The topological polar surface area (TPSA) is 78.9 Å². The number of carbonyl (C=O) groups excluding carboxylic acids is 3. The fourth-order valence-corrected chi connectivity index (χ4v) is 6.56. The highest BCUT2D eigenvalue weighted by Gasteiger charge is 2.19. The second-order valence-corrected chi connectivity index (χ2v) is 16.3. The van der Waals surface area contributed by atoms with Gasteiger partial charge < -0.3 is 14.2 Å². The molecule has 0 rings (SSSR count). The van der Waals surface area contributed by atoms with E-state index in [0.29, 0.717) is 19.3 Å². The molecule has 61 heavy (non-hydrogen) atoms. The summed E-state index contributed by atoms with van der Waals surface area (Å²) in [4.78, 5) is 37.9. The summed E-state index contributed by atoms with van der Waals surface area (Å²) < 4.78 is 16.7. The Hall–Kier alpha value is -3.41. The lowest BCUT2D eigenvalue weighted by atomic mass is 10.1. The van der Waals surface area contributed by atoms with Crippen molar-refractivity contribution in [2.75, 3.05) is 13.2 Å². The summed E-state index contributed by atoms with van der Waals surface area (Å²) in [6.07, 6.45) is 62.7. The number of hydrogen-bond acceptors (Lipinski definition) is 6. The van der Waals surface area contributed by atoms with E-state index in [-0.39, 0.29) is 31.1 Å². The maximum atomic E-state index is 12.7. The third-order valence-corrected chi connectivity index (χ3v) is 10.4. The summed E-state index contributed by atoms with van der Waals surface area (Å²) in [5.41, 5.74) is 0. The molecule has 0 heterocycles. The van der Waals surface area contributed by atoms with Crippen LogP contribution in [-0.4, -0.2) is 37.2 Å². The second kappa shape index (κ2) is 49.2. The van der Waals surface area contributed by atoms with Gasteiger partial charge in [-0.25, -0.2) is 0 Å². The van der Waals surface area contributed by atoms with Crippen molar-refractivity contribution in [2.24, 2.45) is 0 Å². The third-order valence-electron chi connectivity index (χ3n) is 10.4. The molecule has 0 aromatic heterocycles. The molecule has 0 spiro atoms. The van der Waals surface area contributed by atoms with Crippen molar-refractivity contribution in [3.63, 3.8) is 0 Å². The Morgan fingerprint density at radius 2 is 0.656 bits per heavy atom. The highest BCUT2D eigenvalue weighted by atomic mass is 16.6. The SMILES string of the molecule is CC/C=C\C/C=C\C/C=C\CCCCCCCC(=O)OC[C@H](COC(=O)CCCCCC/C=C\C/C=C\C/C=C\CCCCC)OC(=O)CCCCCCC/C=C\CCCC. The van der Waals surface area contributed by atoms with Crippen molar-refractivity contribution in [3.05, 3.63) is 85.1 Å². The van der Waals surface area contributed by atoms with Gasteiger partial charge in [0.15, 0.2) is 6.10 Å². The fraction of sp³-hybridized carbons (Fsp3) is 0.691. The van der Waals surface area contributed by atoms with Crippen LogP contribution in [0.1, 0.15) is 226 Å². The van der Waals surface area contributed by atoms with Crippen LogP contribution in [0.5, 0.6) is 0 Å². The number of ether oxygens (including phenoxy) is 3. The van der Waals surface area contributed by atoms with E-state index in [1.54, 1.807) is 0 Å². The monoisotopic (exact) mass is 849 g/mol. The van der Waals surface area contributed by atoms with Crippen LogP contribution >= 0.6 is 0 Å². The highest BCUT2D eigenvalue weighted by molar-refractivity contribution is 5.71. The normalized spacial score (nSPS) is 12.8. The van der Waals surface area contributed by atoms with Crippen molar-refractivity contribution >= 4 is 17.9 Å². The molecule has 0 fully saturated rings. The zero-order valence-corrected chi connectivity index (χ0v) is 39.7. The average Bonchev–Trinajstić information content (AvgIpc) is 3.26. The average molecular weight is 849 g/mol. The fourth-order valence-electron chi connectivity index (χ4n) is 6.56. The molecule has 0 saturated carbocycles. The minimum absolute atomic E-state index is 0.0971. The van der Waals surface area contributed by atoms with Gasteiger partial charge in [-0.3, -0.25) is 14.4 Å². The summed E-state index contributed by atoms with van der Waals surface area (Å²) in [6, 6.07) is 0. The number of esters is 3. The van der Waals surface area contributed by atoms with E-state index < -0.39 is 6.10 Å². The maximum absolute atomic E-state index is 12.7. The molecule has 0 N–H and O–H groups in total. The van der Waals surface area contributed by atoms with Crippen molar-refractivity contribution in [1.82, 2.24) is 0 Å². The molecular formula is C55H92O6. The molecule has 0 amide bonds. The minimum atomic E-state index is -0.796. The van der Waals surface area contributed by atoms with E-state index >= 15 is 0 Å². The molecule has 6 nitrogen and oxygen atoms in total. The highest BCUT2D eigenvalue weighted by Crippen LogP contribution is 2.13. The number of hydrogen-bond donors (Lipinski definition) is 0. The Kier molecular flexibility index (Phi) is 46.5. The van der Waals surface area contributed by atoms with E-state index in [4.69, 9.17) is 14.2 Å². The summed E-state index contributed by atoms with van der Waals surface area (Å²) in [6.45, 7) is 6.41. The van der Waals surface area contributed by atoms with Gasteiger partial charge in [0, 0.05) is 19.3 Å². The number of unbranched alkanes of at least 4 members (excludes halogenated alkanes) is 19. The molecule has 0 aliphatic heterocycles. The van der Waals surface area contributed by atoms with Crippen molar-refractivity contribution in [1.29, 1.82) is 0 Å². The van der Waals surface area contributed by atoms with Gasteiger partial charge in [-0.2, -0.15) is 0 Å². The molecule has 0 unspecified atom stereocenters. The number of allylic oxidation sites excluding steroid dienone is 14. The van der Waals surface area contributed by atoms with Crippen LogP contribution in [0.2, 0.25) is 0 Å². The lowest BCUT2D eigenvalue weighted by molar-refractivity contribution is -0.167. The maximum Gasteiger partial charge on any atom is 0.306 e. The van der Waals surface area contributed by atoms with Crippen LogP contribution in [0.15, 0.2) is 85.1 Å². The summed E-state index contributed by atoms with van der Waals surface area (Å²) in [7, 11) is 0. The Bertz CT molecular complexity index is 1200. The van der Waals surface area contributed by atoms with E-state index in [1.165, 1.54) is 51.4 Å². The number of rotatable bonds is 44. The second-order valence-electron chi connectivity index (χ2n) is 16.3. The van der Waals surface area contributed by atoms with Crippen LogP contribution in [0.25, 0.3) is 0 Å². The molecule has 0 bridgehead atoms. The van der Waals surface area contributed by atoms with E-state index in [2.05, 4.69) is 106 Å². The number of carbonyl (C=O) groups is 3. The molecule has 0 aromatic rings. The van der Waals surface area contributed by atoms with Gasteiger partial charge in [0.25, 0.3) is 0 Å². The summed E-state index contributed by atoms with van der Waals surface area (Å²) >= 11 is 0. The van der Waals surface area contributed by atoms with Crippen LogP contribution in [-0.2, 0) is 28.6 Å². The van der Waals surface area contributed by atoms with Crippen LogP contribution in [0.3, 0.4) is 0 Å². The molecule has 6 heteroatoms. The van der Waals surface area contributed by atoms with E-state index in [1.807, 2.05) is 0 Å². The Morgan fingerprint density at radius 1 is 0.344 bits per heavy atom. The predicted octanol–water partition coefficient (Wildman–Crippen LogP) is 16.4. The van der Waals surface area contributed by atoms with Crippen LogP contribution in [0, 0.1) is 0 Å². The molecule has 348 valence electrons. The molecule has 1 atom stereocenters. The molecule has 0 saturated heterocycles. The van der Waals surface area contributed by atoms with Crippen molar-refractivity contribution in [2.45, 2.75) is 232 Å². The summed E-state index contributed by atoms with van der Waals surface area (Å²) in [5, 5.41) is 0. The largest absolute Gasteiger partial charge is 0.462 e. The van der Waals surface area contributed by atoms with Gasteiger partial charge in [0.05, 0.1) is 0 Å². The van der Waals surface area contributed by atoms with Crippen LogP contribution in [0.4, 0.5) is 0 Å². The zero-order chi connectivity index (χ0) is 44.4. The smallest absolute Gasteiger partial charge is 0.306 e. The minimum Gasteiger partial charge on any atom is -0.462 e. The van der Waals surface area contributed by atoms with Gasteiger partial charge in [-0.15, -0.1) is 0 Å².